The molecule has 0 saturated carbocycles. The van der Waals surface area contributed by atoms with E-state index in [0.717, 1.165) is 16.3 Å². The van der Waals surface area contributed by atoms with Crippen LogP contribution in [0.15, 0.2) is 30.0 Å². The highest BCUT2D eigenvalue weighted by Gasteiger charge is 1.87. The van der Waals surface area contributed by atoms with Crippen molar-refractivity contribution in [1.82, 2.24) is 0 Å². The number of allylic oxidation sites excluding steroid dienone is 1. The van der Waals surface area contributed by atoms with Crippen LogP contribution in [0.4, 0.5) is 0 Å². The van der Waals surface area contributed by atoms with Crippen molar-refractivity contribution in [3.8, 4) is 0 Å². The molecule has 0 saturated heterocycles. The van der Waals surface area contributed by atoms with Gasteiger partial charge < -0.3 is 5.73 Å². The molecule has 0 spiro atoms. The standard InChI is InChI=1S/C9H10ClN/c1-7(11)6-8-2-4-9(10)5-3-8/h2-6H,11H2,1H3. The Labute approximate surface area is 71.5 Å². The van der Waals surface area contributed by atoms with Gasteiger partial charge in [-0.2, -0.15) is 0 Å². The maximum Gasteiger partial charge on any atom is 0.0406 e. The SMILES string of the molecule is CC(N)=Cc1ccc(Cl)cc1. The van der Waals surface area contributed by atoms with Crippen LogP contribution in [0.5, 0.6) is 0 Å². The van der Waals surface area contributed by atoms with Crippen LogP contribution in [0, 0.1) is 0 Å². The molecule has 0 radical (unpaired) electrons. The monoisotopic (exact) mass is 167 g/mol. The minimum atomic E-state index is 0.747. The minimum Gasteiger partial charge on any atom is -0.402 e. The number of rotatable bonds is 1. The zero-order valence-corrected chi connectivity index (χ0v) is 7.10. The van der Waals surface area contributed by atoms with Crippen molar-refractivity contribution in [2.75, 3.05) is 0 Å². The Morgan fingerprint density at radius 2 is 1.91 bits per heavy atom. The summed E-state index contributed by atoms with van der Waals surface area (Å²) < 4.78 is 0. The van der Waals surface area contributed by atoms with Gasteiger partial charge in [-0.15, -0.1) is 0 Å². The number of halogens is 1. The van der Waals surface area contributed by atoms with E-state index in [1.807, 2.05) is 37.3 Å². The van der Waals surface area contributed by atoms with Gasteiger partial charge in [-0.25, -0.2) is 0 Å². The van der Waals surface area contributed by atoms with E-state index in [2.05, 4.69) is 0 Å². The van der Waals surface area contributed by atoms with Crippen molar-refractivity contribution < 1.29 is 0 Å². The van der Waals surface area contributed by atoms with E-state index in [0.29, 0.717) is 0 Å². The summed E-state index contributed by atoms with van der Waals surface area (Å²) in [5.41, 5.74) is 7.37. The van der Waals surface area contributed by atoms with E-state index >= 15 is 0 Å². The Kier molecular flexibility index (Phi) is 2.55. The van der Waals surface area contributed by atoms with Crippen LogP contribution in [-0.2, 0) is 0 Å². The Morgan fingerprint density at radius 3 is 2.36 bits per heavy atom. The number of hydrogen-bond donors (Lipinski definition) is 1. The Morgan fingerprint density at radius 1 is 1.36 bits per heavy atom. The molecule has 0 aromatic heterocycles. The molecule has 1 rings (SSSR count). The molecule has 0 aliphatic carbocycles. The van der Waals surface area contributed by atoms with Crippen LogP contribution in [-0.4, -0.2) is 0 Å². The summed E-state index contributed by atoms with van der Waals surface area (Å²) in [6, 6.07) is 7.55. The zero-order chi connectivity index (χ0) is 8.27. The molecule has 58 valence electrons. The van der Waals surface area contributed by atoms with Crippen LogP contribution in [0.3, 0.4) is 0 Å². The van der Waals surface area contributed by atoms with E-state index in [4.69, 9.17) is 17.3 Å². The molecule has 0 bridgehead atoms. The quantitative estimate of drug-likeness (QED) is 0.684. The first kappa shape index (κ1) is 8.15. The molecule has 0 heterocycles. The van der Waals surface area contributed by atoms with Crippen molar-refractivity contribution >= 4 is 17.7 Å². The van der Waals surface area contributed by atoms with Gasteiger partial charge in [-0.3, -0.25) is 0 Å². The van der Waals surface area contributed by atoms with Gasteiger partial charge in [0.1, 0.15) is 0 Å². The Bertz CT molecular complexity index is 257. The molecule has 0 unspecified atom stereocenters. The van der Waals surface area contributed by atoms with E-state index in [9.17, 15) is 0 Å². The molecule has 0 aliphatic rings. The third-order valence-electron chi connectivity index (χ3n) is 1.26. The summed E-state index contributed by atoms with van der Waals surface area (Å²) in [6.45, 7) is 1.86. The number of benzene rings is 1. The van der Waals surface area contributed by atoms with Crippen LogP contribution >= 0.6 is 11.6 Å². The van der Waals surface area contributed by atoms with Crippen molar-refractivity contribution in [2.45, 2.75) is 6.92 Å². The summed E-state index contributed by atoms with van der Waals surface area (Å²) in [7, 11) is 0. The minimum absolute atomic E-state index is 0.747. The smallest absolute Gasteiger partial charge is 0.0406 e. The lowest BCUT2D eigenvalue weighted by atomic mass is 10.2. The molecular weight excluding hydrogens is 158 g/mol. The van der Waals surface area contributed by atoms with Gasteiger partial charge in [-0.1, -0.05) is 23.7 Å². The molecule has 0 atom stereocenters. The van der Waals surface area contributed by atoms with Gasteiger partial charge in [0.15, 0.2) is 0 Å². The number of hydrogen-bond acceptors (Lipinski definition) is 1. The summed E-state index contributed by atoms with van der Waals surface area (Å²) in [4.78, 5) is 0. The first-order valence-corrected chi connectivity index (χ1v) is 3.75. The van der Waals surface area contributed by atoms with Gasteiger partial charge in [-0.05, 0) is 30.7 Å². The highest BCUT2D eigenvalue weighted by Crippen LogP contribution is 2.10. The van der Waals surface area contributed by atoms with Gasteiger partial charge in [0.05, 0.1) is 0 Å². The number of nitrogens with two attached hydrogens (primary N) is 1. The van der Waals surface area contributed by atoms with E-state index in [1.165, 1.54) is 0 Å². The summed E-state index contributed by atoms with van der Waals surface area (Å²) in [5.74, 6) is 0. The summed E-state index contributed by atoms with van der Waals surface area (Å²) in [5, 5.41) is 0.747. The fraction of sp³-hybridized carbons (Fsp3) is 0.111. The van der Waals surface area contributed by atoms with Gasteiger partial charge in [0, 0.05) is 10.7 Å². The Hall–Kier alpha value is -0.950. The second kappa shape index (κ2) is 3.44. The topological polar surface area (TPSA) is 26.0 Å². The molecule has 2 heteroatoms. The lowest BCUT2D eigenvalue weighted by molar-refractivity contribution is 1.34. The first-order chi connectivity index (χ1) is 5.18. The first-order valence-electron chi connectivity index (χ1n) is 3.38. The third kappa shape index (κ3) is 2.64. The lowest BCUT2D eigenvalue weighted by Gasteiger charge is -1.94. The van der Waals surface area contributed by atoms with Crippen LogP contribution in [0.25, 0.3) is 6.08 Å². The average molecular weight is 168 g/mol. The largest absolute Gasteiger partial charge is 0.402 e. The highest BCUT2D eigenvalue weighted by atomic mass is 35.5. The van der Waals surface area contributed by atoms with Crippen molar-refractivity contribution in [3.05, 3.63) is 40.5 Å². The Balaban J connectivity index is 2.91. The van der Waals surface area contributed by atoms with Crippen LogP contribution < -0.4 is 5.73 Å². The molecule has 2 N–H and O–H groups in total. The van der Waals surface area contributed by atoms with Crippen LogP contribution in [0.1, 0.15) is 12.5 Å². The van der Waals surface area contributed by atoms with Gasteiger partial charge in [0.2, 0.25) is 0 Å². The maximum absolute atomic E-state index is 5.70. The van der Waals surface area contributed by atoms with Gasteiger partial charge in [0.25, 0.3) is 0 Å². The van der Waals surface area contributed by atoms with E-state index in [-0.39, 0.29) is 0 Å². The van der Waals surface area contributed by atoms with Crippen molar-refractivity contribution in [1.29, 1.82) is 0 Å². The second-order valence-electron chi connectivity index (χ2n) is 2.44. The zero-order valence-electron chi connectivity index (χ0n) is 6.34. The van der Waals surface area contributed by atoms with Crippen molar-refractivity contribution in [2.24, 2.45) is 5.73 Å². The third-order valence-corrected chi connectivity index (χ3v) is 1.52. The highest BCUT2D eigenvalue weighted by molar-refractivity contribution is 6.30. The molecule has 0 amide bonds. The summed E-state index contributed by atoms with van der Waals surface area (Å²) >= 11 is 5.70. The summed E-state index contributed by atoms with van der Waals surface area (Å²) in [6.07, 6.45) is 1.90. The predicted octanol–water partition coefficient (Wildman–Crippen LogP) is 2.66. The normalized spacial score (nSPS) is 11.6. The van der Waals surface area contributed by atoms with Crippen LogP contribution in [0.2, 0.25) is 5.02 Å². The molecule has 0 fully saturated rings. The molecule has 0 aliphatic heterocycles. The van der Waals surface area contributed by atoms with Gasteiger partial charge >= 0.3 is 0 Å². The van der Waals surface area contributed by atoms with E-state index in [1.54, 1.807) is 0 Å². The lowest BCUT2D eigenvalue weighted by Crippen LogP contribution is -1.88. The fourth-order valence-electron chi connectivity index (χ4n) is 0.822. The fourth-order valence-corrected chi connectivity index (χ4v) is 0.948. The predicted molar refractivity (Wildman–Crippen MR) is 49.3 cm³/mol. The van der Waals surface area contributed by atoms with Crippen molar-refractivity contribution in [3.63, 3.8) is 0 Å². The molecule has 1 nitrogen and oxygen atoms in total. The average Bonchev–Trinajstić information content (AvgIpc) is 1.93. The second-order valence-corrected chi connectivity index (χ2v) is 2.88. The molecule has 1 aromatic carbocycles. The maximum atomic E-state index is 5.70. The molecular formula is C9H10ClN. The molecule has 11 heavy (non-hydrogen) atoms. The molecule has 1 aromatic rings. The van der Waals surface area contributed by atoms with E-state index < -0.39 is 0 Å².